The fourth-order valence-electron chi connectivity index (χ4n) is 2.29. The van der Waals surface area contributed by atoms with Gasteiger partial charge in [-0.25, -0.2) is 9.97 Å². The minimum atomic E-state index is 0.312. The van der Waals surface area contributed by atoms with E-state index < -0.39 is 0 Å². The number of nitrogens with zero attached hydrogens (tertiary/aromatic N) is 3. The van der Waals surface area contributed by atoms with E-state index in [-0.39, 0.29) is 0 Å². The molecule has 2 rings (SSSR count). The lowest BCUT2D eigenvalue weighted by molar-refractivity contribution is 0.310. The summed E-state index contributed by atoms with van der Waals surface area (Å²) in [4.78, 5) is 10.7. The molecule has 1 atom stereocenters. The van der Waals surface area contributed by atoms with Gasteiger partial charge in [0.05, 0.1) is 6.04 Å². The van der Waals surface area contributed by atoms with Gasteiger partial charge >= 0.3 is 0 Å². The van der Waals surface area contributed by atoms with E-state index in [0.717, 1.165) is 18.2 Å². The standard InChI is InChI=1S/C16H22N4/c1-12-7-5-6-8-14(12)15(20(3)4)11-18-16-9-10-17-13(2)19-16/h5-10,15H,11H2,1-4H3,(H,17,18,19). The molecule has 1 aromatic heterocycles. The smallest absolute Gasteiger partial charge is 0.129 e. The Morgan fingerprint density at radius 2 is 1.90 bits per heavy atom. The number of aromatic nitrogens is 2. The van der Waals surface area contributed by atoms with Crippen molar-refractivity contribution in [2.24, 2.45) is 0 Å². The molecule has 20 heavy (non-hydrogen) atoms. The lowest BCUT2D eigenvalue weighted by Gasteiger charge is -2.26. The molecule has 0 aliphatic carbocycles. The highest BCUT2D eigenvalue weighted by Gasteiger charge is 2.15. The second-order valence-electron chi connectivity index (χ2n) is 5.21. The number of hydrogen-bond acceptors (Lipinski definition) is 4. The SMILES string of the molecule is Cc1nccc(NCC(c2ccccc2C)N(C)C)n1. The summed E-state index contributed by atoms with van der Waals surface area (Å²) in [5, 5.41) is 3.40. The maximum atomic E-state index is 4.38. The first-order chi connectivity index (χ1) is 9.58. The van der Waals surface area contributed by atoms with Crippen molar-refractivity contribution in [2.45, 2.75) is 19.9 Å². The van der Waals surface area contributed by atoms with Gasteiger partial charge in [-0.2, -0.15) is 0 Å². The fraction of sp³-hybridized carbons (Fsp3) is 0.375. The normalized spacial score (nSPS) is 12.4. The van der Waals surface area contributed by atoms with Crippen LogP contribution < -0.4 is 5.32 Å². The molecule has 4 heteroatoms. The van der Waals surface area contributed by atoms with Crippen LogP contribution >= 0.6 is 0 Å². The minimum Gasteiger partial charge on any atom is -0.368 e. The Morgan fingerprint density at radius 1 is 1.15 bits per heavy atom. The van der Waals surface area contributed by atoms with Crippen molar-refractivity contribution < 1.29 is 0 Å². The Bertz CT molecular complexity index is 566. The van der Waals surface area contributed by atoms with Gasteiger partial charge in [-0.05, 0) is 45.1 Å². The molecular weight excluding hydrogens is 248 g/mol. The first kappa shape index (κ1) is 14.5. The van der Waals surface area contributed by atoms with Crippen molar-refractivity contribution >= 4 is 5.82 Å². The Labute approximate surface area is 120 Å². The van der Waals surface area contributed by atoms with Gasteiger partial charge in [-0.3, -0.25) is 0 Å². The highest BCUT2D eigenvalue weighted by Crippen LogP contribution is 2.22. The number of benzene rings is 1. The van der Waals surface area contributed by atoms with Crippen LogP contribution in [-0.4, -0.2) is 35.5 Å². The molecule has 0 aliphatic heterocycles. The van der Waals surface area contributed by atoms with Gasteiger partial charge in [0.15, 0.2) is 0 Å². The molecule has 0 fully saturated rings. The molecule has 2 aromatic rings. The van der Waals surface area contributed by atoms with E-state index >= 15 is 0 Å². The lowest BCUT2D eigenvalue weighted by Crippen LogP contribution is -2.27. The van der Waals surface area contributed by atoms with Crippen LogP contribution in [0, 0.1) is 13.8 Å². The second kappa shape index (κ2) is 6.48. The minimum absolute atomic E-state index is 0.312. The maximum Gasteiger partial charge on any atom is 0.129 e. The van der Waals surface area contributed by atoms with Gasteiger partial charge < -0.3 is 10.2 Å². The third kappa shape index (κ3) is 3.54. The molecule has 1 heterocycles. The molecule has 1 unspecified atom stereocenters. The summed E-state index contributed by atoms with van der Waals surface area (Å²) in [6, 6.07) is 10.7. The van der Waals surface area contributed by atoms with E-state index in [1.807, 2.05) is 13.0 Å². The maximum absolute atomic E-state index is 4.38. The van der Waals surface area contributed by atoms with Crippen LogP contribution in [0.5, 0.6) is 0 Å². The third-order valence-corrected chi connectivity index (χ3v) is 3.42. The van der Waals surface area contributed by atoms with Gasteiger partial charge in [-0.1, -0.05) is 24.3 Å². The van der Waals surface area contributed by atoms with Crippen molar-refractivity contribution in [3.63, 3.8) is 0 Å². The van der Waals surface area contributed by atoms with Crippen LogP contribution in [0.4, 0.5) is 5.82 Å². The quantitative estimate of drug-likeness (QED) is 0.907. The zero-order valence-corrected chi connectivity index (χ0v) is 12.6. The van der Waals surface area contributed by atoms with Crippen molar-refractivity contribution in [1.82, 2.24) is 14.9 Å². The van der Waals surface area contributed by atoms with Gasteiger partial charge in [0.25, 0.3) is 0 Å². The molecule has 0 saturated heterocycles. The highest BCUT2D eigenvalue weighted by atomic mass is 15.1. The zero-order chi connectivity index (χ0) is 14.5. The van der Waals surface area contributed by atoms with E-state index in [1.165, 1.54) is 11.1 Å². The number of aryl methyl sites for hydroxylation is 2. The highest BCUT2D eigenvalue weighted by molar-refractivity contribution is 5.35. The monoisotopic (exact) mass is 270 g/mol. The van der Waals surface area contributed by atoms with Crippen LogP contribution in [-0.2, 0) is 0 Å². The van der Waals surface area contributed by atoms with E-state index in [9.17, 15) is 0 Å². The Hall–Kier alpha value is -1.94. The van der Waals surface area contributed by atoms with Gasteiger partial charge in [0.1, 0.15) is 11.6 Å². The summed E-state index contributed by atoms with van der Waals surface area (Å²) in [7, 11) is 4.20. The van der Waals surface area contributed by atoms with Crippen molar-refractivity contribution in [2.75, 3.05) is 26.0 Å². The third-order valence-electron chi connectivity index (χ3n) is 3.42. The predicted molar refractivity (Wildman–Crippen MR) is 82.9 cm³/mol. The van der Waals surface area contributed by atoms with Crippen LogP contribution in [0.3, 0.4) is 0 Å². The van der Waals surface area contributed by atoms with Gasteiger partial charge in [0, 0.05) is 12.7 Å². The van der Waals surface area contributed by atoms with Crippen molar-refractivity contribution in [3.05, 3.63) is 53.5 Å². The van der Waals surface area contributed by atoms with Gasteiger partial charge in [-0.15, -0.1) is 0 Å². The molecule has 0 amide bonds. The molecule has 0 aliphatic rings. The van der Waals surface area contributed by atoms with Crippen LogP contribution in [0.25, 0.3) is 0 Å². The number of rotatable bonds is 5. The Morgan fingerprint density at radius 3 is 2.55 bits per heavy atom. The summed E-state index contributed by atoms with van der Waals surface area (Å²) in [6.07, 6.45) is 1.78. The van der Waals surface area contributed by atoms with E-state index in [4.69, 9.17) is 0 Å². The topological polar surface area (TPSA) is 41.1 Å². The molecule has 0 saturated carbocycles. The molecule has 106 valence electrons. The molecular formula is C16H22N4. The fourth-order valence-corrected chi connectivity index (χ4v) is 2.29. The average Bonchev–Trinajstić information content (AvgIpc) is 2.40. The summed E-state index contributed by atoms with van der Waals surface area (Å²) in [5.41, 5.74) is 2.66. The Kier molecular flexibility index (Phi) is 4.69. The molecule has 0 radical (unpaired) electrons. The van der Waals surface area contributed by atoms with E-state index in [2.05, 4.69) is 65.5 Å². The average molecular weight is 270 g/mol. The van der Waals surface area contributed by atoms with Crippen LogP contribution in [0.15, 0.2) is 36.5 Å². The lowest BCUT2D eigenvalue weighted by atomic mass is 10.0. The summed E-state index contributed by atoms with van der Waals surface area (Å²) in [5.74, 6) is 1.66. The molecule has 1 N–H and O–H groups in total. The number of nitrogens with one attached hydrogen (secondary N) is 1. The molecule has 0 spiro atoms. The van der Waals surface area contributed by atoms with E-state index in [1.54, 1.807) is 6.20 Å². The largest absolute Gasteiger partial charge is 0.368 e. The number of anilines is 1. The van der Waals surface area contributed by atoms with E-state index in [0.29, 0.717) is 6.04 Å². The summed E-state index contributed by atoms with van der Waals surface area (Å²) < 4.78 is 0. The molecule has 1 aromatic carbocycles. The summed E-state index contributed by atoms with van der Waals surface area (Å²) in [6.45, 7) is 4.87. The predicted octanol–water partition coefficient (Wildman–Crippen LogP) is 2.81. The molecule has 4 nitrogen and oxygen atoms in total. The number of likely N-dealkylation sites (N-methyl/N-ethyl adjacent to an activating group) is 1. The Balaban J connectivity index is 2.13. The van der Waals surface area contributed by atoms with Gasteiger partial charge in [0.2, 0.25) is 0 Å². The van der Waals surface area contributed by atoms with Crippen LogP contribution in [0.2, 0.25) is 0 Å². The first-order valence-corrected chi connectivity index (χ1v) is 6.83. The van der Waals surface area contributed by atoms with Crippen molar-refractivity contribution in [3.8, 4) is 0 Å². The first-order valence-electron chi connectivity index (χ1n) is 6.83. The number of hydrogen-bond donors (Lipinski definition) is 1. The van der Waals surface area contributed by atoms with Crippen molar-refractivity contribution in [1.29, 1.82) is 0 Å². The van der Waals surface area contributed by atoms with Crippen LogP contribution in [0.1, 0.15) is 23.0 Å². The zero-order valence-electron chi connectivity index (χ0n) is 12.6. The summed E-state index contributed by atoms with van der Waals surface area (Å²) >= 11 is 0. The molecule has 0 bridgehead atoms. The second-order valence-corrected chi connectivity index (χ2v) is 5.21.